The van der Waals surface area contributed by atoms with E-state index in [2.05, 4.69) is 28.7 Å². The lowest BCUT2D eigenvalue weighted by molar-refractivity contribution is 0.0746. The van der Waals surface area contributed by atoms with E-state index in [0.717, 1.165) is 13.1 Å². The van der Waals surface area contributed by atoms with E-state index < -0.39 is 15.6 Å². The normalized spacial score (nSPS) is 15.4. The number of hydrogen-bond donors (Lipinski definition) is 1. The van der Waals surface area contributed by atoms with Crippen molar-refractivity contribution in [2.24, 2.45) is 0 Å². The third-order valence-electron chi connectivity index (χ3n) is 4.85. The van der Waals surface area contributed by atoms with Crippen molar-refractivity contribution in [3.63, 3.8) is 0 Å². The van der Waals surface area contributed by atoms with Crippen LogP contribution >= 0.6 is 0 Å². The number of benzene rings is 2. The maximum absolute atomic E-state index is 13.0. The number of nitrogens with zero attached hydrogens (tertiary/aromatic N) is 2. The van der Waals surface area contributed by atoms with Gasteiger partial charge in [0.25, 0.3) is 5.91 Å². The van der Waals surface area contributed by atoms with Gasteiger partial charge in [-0.15, -0.1) is 0 Å². The number of amides is 1. The number of sulfonamides is 1. The molecule has 0 saturated carbocycles. The summed E-state index contributed by atoms with van der Waals surface area (Å²) in [4.78, 5) is 17.1. The lowest BCUT2D eigenvalue weighted by Crippen LogP contribution is -2.49. The Bertz CT molecular complexity index is 988. The monoisotopic (exact) mass is 415 g/mol. The van der Waals surface area contributed by atoms with E-state index in [4.69, 9.17) is 0 Å². The van der Waals surface area contributed by atoms with Crippen LogP contribution in [0.2, 0.25) is 0 Å². The summed E-state index contributed by atoms with van der Waals surface area (Å²) in [6, 6.07) is 14.5. The van der Waals surface area contributed by atoms with E-state index >= 15 is 0 Å². The first-order valence-corrected chi connectivity index (χ1v) is 11.3. The van der Waals surface area contributed by atoms with E-state index in [1.165, 1.54) is 23.4 Å². The van der Waals surface area contributed by atoms with Crippen molar-refractivity contribution in [2.75, 3.05) is 31.1 Å². The summed E-state index contributed by atoms with van der Waals surface area (Å²) in [5.74, 6) is -0.137. The molecule has 1 heterocycles. The zero-order valence-corrected chi connectivity index (χ0v) is 18.3. The summed E-state index contributed by atoms with van der Waals surface area (Å²) in [5, 5.41) is 0. The number of nitrogens with one attached hydrogen (secondary N) is 1. The molecule has 0 spiro atoms. The minimum atomic E-state index is -3.68. The van der Waals surface area contributed by atoms with E-state index in [1.807, 2.05) is 12.1 Å². The Balaban J connectivity index is 1.71. The van der Waals surface area contributed by atoms with Gasteiger partial charge in [0.05, 0.1) is 4.90 Å². The molecule has 2 aromatic carbocycles. The molecule has 1 N–H and O–H groups in total. The van der Waals surface area contributed by atoms with Crippen LogP contribution in [0.15, 0.2) is 53.4 Å². The number of carbonyl (C=O) groups excluding carboxylic acids is 1. The molecule has 6 nitrogen and oxygen atoms in total. The highest BCUT2D eigenvalue weighted by molar-refractivity contribution is 7.89. The summed E-state index contributed by atoms with van der Waals surface area (Å²) < 4.78 is 27.8. The lowest BCUT2D eigenvalue weighted by Gasteiger charge is -2.36. The molecule has 1 saturated heterocycles. The Morgan fingerprint density at radius 1 is 0.966 bits per heavy atom. The smallest absolute Gasteiger partial charge is 0.254 e. The van der Waals surface area contributed by atoms with Crippen molar-refractivity contribution in [1.82, 2.24) is 9.62 Å². The molecule has 1 fully saturated rings. The molecule has 0 aliphatic carbocycles. The summed E-state index contributed by atoms with van der Waals surface area (Å²) in [6.45, 7) is 10.1. The predicted octanol–water partition coefficient (Wildman–Crippen LogP) is 3.03. The van der Waals surface area contributed by atoms with Crippen LogP contribution in [-0.2, 0) is 10.0 Å². The Labute approximate surface area is 173 Å². The Morgan fingerprint density at radius 3 is 2.24 bits per heavy atom. The van der Waals surface area contributed by atoms with Gasteiger partial charge in [-0.2, -0.15) is 0 Å². The highest BCUT2D eigenvalue weighted by atomic mass is 32.2. The first-order chi connectivity index (χ1) is 13.6. The predicted molar refractivity (Wildman–Crippen MR) is 116 cm³/mol. The van der Waals surface area contributed by atoms with Crippen LogP contribution < -0.4 is 9.62 Å². The molecule has 0 atom stereocenters. The molecule has 29 heavy (non-hydrogen) atoms. The molecule has 0 radical (unpaired) electrons. The largest absolute Gasteiger partial charge is 0.368 e. The van der Waals surface area contributed by atoms with Gasteiger partial charge in [-0.25, -0.2) is 13.1 Å². The van der Waals surface area contributed by atoms with Gasteiger partial charge in [-0.1, -0.05) is 24.3 Å². The van der Waals surface area contributed by atoms with Crippen molar-refractivity contribution >= 4 is 21.6 Å². The topological polar surface area (TPSA) is 69.7 Å². The maximum atomic E-state index is 13.0. The third kappa shape index (κ3) is 5.16. The van der Waals surface area contributed by atoms with Crippen LogP contribution in [0, 0.1) is 6.92 Å². The van der Waals surface area contributed by atoms with Crippen LogP contribution in [-0.4, -0.2) is 50.9 Å². The number of aryl methyl sites for hydroxylation is 1. The number of anilines is 1. The van der Waals surface area contributed by atoms with Gasteiger partial charge in [-0.3, -0.25) is 4.79 Å². The van der Waals surface area contributed by atoms with E-state index in [9.17, 15) is 13.2 Å². The third-order valence-corrected chi connectivity index (χ3v) is 6.61. The summed E-state index contributed by atoms with van der Waals surface area (Å²) in [7, 11) is -3.68. The lowest BCUT2D eigenvalue weighted by atomic mass is 10.1. The van der Waals surface area contributed by atoms with Crippen LogP contribution in [0.25, 0.3) is 0 Å². The zero-order chi connectivity index (χ0) is 21.2. The van der Waals surface area contributed by atoms with Crippen molar-refractivity contribution in [3.05, 3.63) is 59.7 Å². The highest BCUT2D eigenvalue weighted by Crippen LogP contribution is 2.22. The van der Waals surface area contributed by atoms with Gasteiger partial charge < -0.3 is 9.80 Å². The summed E-state index contributed by atoms with van der Waals surface area (Å²) in [6.07, 6.45) is 0. The fourth-order valence-corrected chi connectivity index (χ4v) is 4.97. The van der Waals surface area contributed by atoms with Crippen molar-refractivity contribution in [3.8, 4) is 0 Å². The number of rotatable bonds is 4. The van der Waals surface area contributed by atoms with Gasteiger partial charge in [0.2, 0.25) is 10.0 Å². The van der Waals surface area contributed by atoms with Gasteiger partial charge >= 0.3 is 0 Å². The number of carbonyl (C=O) groups is 1. The molecule has 156 valence electrons. The van der Waals surface area contributed by atoms with Crippen LogP contribution in [0.4, 0.5) is 5.69 Å². The van der Waals surface area contributed by atoms with Gasteiger partial charge in [0, 0.05) is 43.0 Å². The van der Waals surface area contributed by atoms with Crippen LogP contribution in [0.5, 0.6) is 0 Å². The average molecular weight is 416 g/mol. The molecule has 1 aliphatic rings. The number of piperazine rings is 1. The van der Waals surface area contributed by atoms with Crippen LogP contribution in [0.3, 0.4) is 0 Å². The summed E-state index contributed by atoms with van der Waals surface area (Å²) in [5.41, 5.74) is 2.22. The maximum Gasteiger partial charge on any atom is 0.254 e. The summed E-state index contributed by atoms with van der Waals surface area (Å²) >= 11 is 0. The van der Waals surface area contributed by atoms with E-state index in [0.29, 0.717) is 18.7 Å². The highest BCUT2D eigenvalue weighted by Gasteiger charge is 2.26. The molecular formula is C22H29N3O3S. The average Bonchev–Trinajstić information content (AvgIpc) is 2.66. The molecule has 1 aliphatic heterocycles. The molecule has 7 heteroatoms. The molecule has 1 amide bonds. The molecular weight excluding hydrogens is 386 g/mol. The quantitative estimate of drug-likeness (QED) is 0.833. The SMILES string of the molecule is Cc1ccccc1N1CCN(C(=O)c2cccc(S(=O)(=O)NC(C)(C)C)c2)CC1. The van der Waals surface area contributed by atoms with Gasteiger partial charge in [0.1, 0.15) is 0 Å². The number of para-hydroxylation sites is 1. The minimum absolute atomic E-state index is 0.108. The second-order valence-electron chi connectivity index (χ2n) is 8.45. The Kier molecular flexibility index (Phi) is 6.00. The second-order valence-corrected chi connectivity index (χ2v) is 10.1. The van der Waals surface area contributed by atoms with Crippen LogP contribution in [0.1, 0.15) is 36.7 Å². The first kappa shape index (κ1) is 21.3. The Hall–Kier alpha value is -2.38. The number of hydrogen-bond acceptors (Lipinski definition) is 4. The fraction of sp³-hybridized carbons (Fsp3) is 0.409. The Morgan fingerprint density at radius 2 is 1.62 bits per heavy atom. The molecule has 2 aromatic rings. The zero-order valence-electron chi connectivity index (χ0n) is 17.5. The fourth-order valence-electron chi connectivity index (χ4n) is 3.51. The van der Waals surface area contributed by atoms with E-state index in [-0.39, 0.29) is 10.8 Å². The van der Waals surface area contributed by atoms with Gasteiger partial charge in [-0.05, 0) is 57.5 Å². The van der Waals surface area contributed by atoms with Gasteiger partial charge in [0.15, 0.2) is 0 Å². The first-order valence-electron chi connectivity index (χ1n) is 9.81. The molecule has 0 bridgehead atoms. The molecule has 3 rings (SSSR count). The minimum Gasteiger partial charge on any atom is -0.368 e. The standard InChI is InChI=1S/C22H29N3O3S/c1-17-8-5-6-11-20(17)24-12-14-25(15-13-24)21(26)18-9-7-10-19(16-18)29(27,28)23-22(2,3)4/h5-11,16,23H,12-15H2,1-4H3. The van der Waals surface area contributed by atoms with Crippen molar-refractivity contribution in [1.29, 1.82) is 0 Å². The molecule has 0 aromatic heterocycles. The van der Waals surface area contributed by atoms with E-state index in [1.54, 1.807) is 37.8 Å². The molecule has 0 unspecified atom stereocenters. The van der Waals surface area contributed by atoms with Crippen molar-refractivity contribution in [2.45, 2.75) is 38.1 Å². The second kappa shape index (κ2) is 8.16. The van der Waals surface area contributed by atoms with Crippen molar-refractivity contribution < 1.29 is 13.2 Å².